The molecule has 13 heteroatoms. The van der Waals surface area contributed by atoms with Crippen LogP contribution in [0.25, 0.3) is 22.7 Å². The zero-order valence-corrected chi connectivity index (χ0v) is 31.8. The largest absolute Gasteiger partial charge is 0.379 e. The minimum Gasteiger partial charge on any atom is -0.379 e. The molecule has 1 saturated carbocycles. The molecule has 2 fully saturated rings. The Balaban J connectivity index is 1.31. The number of pyridine rings is 1. The number of anilines is 1. The van der Waals surface area contributed by atoms with Crippen LogP contribution in [0.3, 0.4) is 0 Å². The van der Waals surface area contributed by atoms with E-state index in [1.165, 1.54) is 17.7 Å². The predicted molar refractivity (Wildman–Crippen MR) is 191 cm³/mol. The van der Waals surface area contributed by atoms with Crippen molar-refractivity contribution in [3.8, 4) is 11.5 Å². The van der Waals surface area contributed by atoms with E-state index in [1.807, 2.05) is 13.0 Å². The second-order valence-corrected chi connectivity index (χ2v) is 27.9. The fraction of sp³-hybridized carbons (Fsp3) is 0.706. The summed E-state index contributed by atoms with van der Waals surface area (Å²) in [5, 5.41) is 8.29. The molecule has 1 amide bonds. The van der Waals surface area contributed by atoms with E-state index in [1.54, 1.807) is 6.20 Å². The van der Waals surface area contributed by atoms with Crippen molar-refractivity contribution in [1.82, 2.24) is 29.2 Å². The number of nitrogens with zero attached hydrogens (tertiary/aromatic N) is 6. The van der Waals surface area contributed by atoms with Gasteiger partial charge in [0.05, 0.1) is 31.1 Å². The molecule has 0 bridgehead atoms. The van der Waals surface area contributed by atoms with Gasteiger partial charge in [0.15, 0.2) is 11.5 Å². The maximum atomic E-state index is 13.2. The molecule has 0 spiro atoms. The zero-order valence-electron chi connectivity index (χ0n) is 29.8. The maximum Gasteiger partial charge on any atom is 0.241 e. The second kappa shape index (κ2) is 13.5. The highest BCUT2D eigenvalue weighted by atomic mass is 28.3. The van der Waals surface area contributed by atoms with Gasteiger partial charge in [0.25, 0.3) is 0 Å². The standard InChI is InChI=1S/C34H55N7O4Si2/c1-24(39-9-11-43-12-10-39)33(42)36-26-18-28-31(35-21-26)40(22-44-13-15-46(3,4)5)32(37-28)30-27-17-25-19-34(25,2)20-29(27)41(38-30)23-45-14-16-47(6,7)8/h18,21,24-25H,9-17,19-20,22-23H2,1-8H3,(H,36,42)/t24-,25?,34+/m0/s1. The number of aromatic nitrogens is 5. The van der Waals surface area contributed by atoms with Crippen molar-refractivity contribution in [2.24, 2.45) is 11.3 Å². The molecule has 0 radical (unpaired) electrons. The summed E-state index contributed by atoms with van der Waals surface area (Å²) in [5.41, 5.74) is 5.90. The lowest BCUT2D eigenvalue weighted by Crippen LogP contribution is -2.47. The molecule has 258 valence electrons. The molecule has 3 aromatic heterocycles. The Morgan fingerprint density at radius 1 is 1.09 bits per heavy atom. The van der Waals surface area contributed by atoms with E-state index in [0.717, 1.165) is 61.8 Å². The first-order chi connectivity index (χ1) is 22.2. The molecular formula is C34H55N7O4Si2. The quantitative estimate of drug-likeness (QED) is 0.171. The average molecular weight is 682 g/mol. The van der Waals surface area contributed by atoms with Crippen molar-refractivity contribution in [3.63, 3.8) is 0 Å². The fourth-order valence-corrected chi connectivity index (χ4v) is 8.24. The topological polar surface area (TPSA) is 109 Å². The van der Waals surface area contributed by atoms with Gasteiger partial charge in [-0.15, -0.1) is 0 Å². The molecule has 1 saturated heterocycles. The first-order valence-electron chi connectivity index (χ1n) is 17.4. The monoisotopic (exact) mass is 681 g/mol. The number of hydrogen-bond acceptors (Lipinski definition) is 8. The highest BCUT2D eigenvalue weighted by molar-refractivity contribution is 6.76. The molecule has 3 atom stereocenters. The van der Waals surface area contributed by atoms with Gasteiger partial charge in [-0.1, -0.05) is 46.2 Å². The number of fused-ring (bicyclic) bond motifs is 3. The van der Waals surface area contributed by atoms with Gasteiger partial charge in [-0.3, -0.25) is 14.3 Å². The highest BCUT2D eigenvalue weighted by Crippen LogP contribution is 2.60. The van der Waals surface area contributed by atoms with Gasteiger partial charge in [0.2, 0.25) is 5.91 Å². The van der Waals surface area contributed by atoms with Crippen LogP contribution in [0.2, 0.25) is 51.4 Å². The van der Waals surface area contributed by atoms with Crippen LogP contribution in [-0.4, -0.2) is 96.8 Å². The van der Waals surface area contributed by atoms with Gasteiger partial charge < -0.3 is 19.5 Å². The van der Waals surface area contributed by atoms with Crippen LogP contribution in [-0.2, 0) is 45.3 Å². The number of carbonyl (C=O) groups excluding carboxylic acids is 1. The predicted octanol–water partition coefficient (Wildman–Crippen LogP) is 5.70. The van der Waals surface area contributed by atoms with Crippen LogP contribution in [0.1, 0.15) is 31.5 Å². The van der Waals surface area contributed by atoms with Crippen LogP contribution in [0.15, 0.2) is 12.3 Å². The lowest BCUT2D eigenvalue weighted by Gasteiger charge is -2.31. The Hall–Kier alpha value is -2.43. The number of morpholine rings is 1. The zero-order chi connectivity index (χ0) is 33.6. The van der Waals surface area contributed by atoms with Gasteiger partial charge in [-0.05, 0) is 55.7 Å². The van der Waals surface area contributed by atoms with Crippen LogP contribution >= 0.6 is 0 Å². The summed E-state index contributed by atoms with van der Waals surface area (Å²) in [6.45, 7) is 23.6. The molecule has 1 N–H and O–H groups in total. The third-order valence-electron chi connectivity index (χ3n) is 10.2. The Labute approximate surface area is 281 Å². The van der Waals surface area contributed by atoms with Crippen LogP contribution in [0.4, 0.5) is 5.69 Å². The van der Waals surface area contributed by atoms with Crippen molar-refractivity contribution in [2.75, 3.05) is 44.8 Å². The average Bonchev–Trinajstić information content (AvgIpc) is 3.37. The number of hydrogen-bond donors (Lipinski definition) is 1. The Morgan fingerprint density at radius 3 is 2.45 bits per heavy atom. The summed E-state index contributed by atoms with van der Waals surface area (Å²) < 4.78 is 22.2. The number of imidazole rings is 1. The Bertz CT molecular complexity index is 1590. The molecular weight excluding hydrogens is 627 g/mol. The molecule has 6 rings (SSSR count). The number of rotatable bonds is 14. The van der Waals surface area contributed by atoms with Crippen LogP contribution in [0.5, 0.6) is 0 Å². The smallest absolute Gasteiger partial charge is 0.241 e. The molecule has 11 nitrogen and oxygen atoms in total. The number of ether oxygens (including phenoxy) is 3. The summed E-state index contributed by atoms with van der Waals surface area (Å²) >= 11 is 0. The Morgan fingerprint density at radius 2 is 1.77 bits per heavy atom. The summed E-state index contributed by atoms with van der Waals surface area (Å²) in [6, 6.07) is 3.87. The summed E-state index contributed by atoms with van der Waals surface area (Å²) in [5.74, 6) is 1.39. The van der Waals surface area contributed by atoms with E-state index in [4.69, 9.17) is 29.3 Å². The highest BCUT2D eigenvalue weighted by Gasteiger charge is 2.54. The van der Waals surface area contributed by atoms with Gasteiger partial charge >= 0.3 is 0 Å². The van der Waals surface area contributed by atoms with Crippen molar-refractivity contribution in [2.45, 2.75) is 104 Å². The normalized spacial score (nSPS) is 22.3. The summed E-state index contributed by atoms with van der Waals surface area (Å²) in [4.78, 5) is 25.3. The minimum absolute atomic E-state index is 0.0585. The first-order valence-corrected chi connectivity index (χ1v) is 24.9. The van der Waals surface area contributed by atoms with Crippen molar-refractivity contribution in [1.29, 1.82) is 0 Å². The molecule has 1 aliphatic heterocycles. The van der Waals surface area contributed by atoms with Crippen LogP contribution < -0.4 is 5.32 Å². The SMILES string of the molecule is C[C@@H](C(=O)Nc1cnc2c(c1)nc(-c1nn(COCC[Si](C)(C)C)c3c1CC1C[C@]1(C)C3)n2COCC[Si](C)(C)C)N1CCOCC1. The number of nitrogens with one attached hydrogen (secondary N) is 1. The summed E-state index contributed by atoms with van der Waals surface area (Å²) in [7, 11) is -2.45. The summed E-state index contributed by atoms with van der Waals surface area (Å²) in [6.07, 6.45) is 5.00. The lowest BCUT2D eigenvalue weighted by molar-refractivity contribution is -0.122. The fourth-order valence-electron chi connectivity index (χ4n) is 6.72. The van der Waals surface area contributed by atoms with Crippen molar-refractivity contribution < 1.29 is 19.0 Å². The van der Waals surface area contributed by atoms with E-state index < -0.39 is 16.1 Å². The third kappa shape index (κ3) is 8.08. The minimum atomic E-state index is -1.25. The van der Waals surface area contributed by atoms with Gasteiger partial charge in [0.1, 0.15) is 24.7 Å². The number of amides is 1. The van der Waals surface area contributed by atoms with Crippen molar-refractivity contribution >= 4 is 38.9 Å². The molecule has 4 heterocycles. The first kappa shape index (κ1) is 34.4. The molecule has 0 aromatic carbocycles. The molecule has 2 aliphatic carbocycles. The molecule has 3 aromatic rings. The van der Waals surface area contributed by atoms with Gasteiger partial charge in [-0.25, -0.2) is 14.6 Å². The third-order valence-corrected chi connectivity index (χ3v) is 13.6. The maximum absolute atomic E-state index is 13.2. The van der Waals surface area contributed by atoms with E-state index in [0.29, 0.717) is 55.8 Å². The lowest BCUT2D eigenvalue weighted by atomic mass is 9.87. The van der Waals surface area contributed by atoms with E-state index >= 15 is 0 Å². The van der Waals surface area contributed by atoms with Gasteiger partial charge in [-0.2, -0.15) is 5.10 Å². The van der Waals surface area contributed by atoms with Crippen molar-refractivity contribution in [3.05, 3.63) is 23.5 Å². The second-order valence-electron chi connectivity index (χ2n) is 16.6. The van der Waals surface area contributed by atoms with Gasteiger partial charge in [0, 0.05) is 53.7 Å². The number of carbonyl (C=O) groups is 1. The Kier molecular flexibility index (Phi) is 9.87. The van der Waals surface area contributed by atoms with E-state index in [2.05, 4.69) is 65.7 Å². The van der Waals surface area contributed by atoms with Crippen LogP contribution in [0, 0.1) is 11.3 Å². The van der Waals surface area contributed by atoms with E-state index in [9.17, 15) is 4.79 Å². The molecule has 3 aliphatic rings. The molecule has 47 heavy (non-hydrogen) atoms. The van der Waals surface area contributed by atoms with E-state index in [-0.39, 0.29) is 11.9 Å². The molecule has 1 unspecified atom stereocenters.